The van der Waals surface area contributed by atoms with Crippen molar-refractivity contribution in [2.24, 2.45) is 0 Å². The molecule has 0 aromatic heterocycles. The van der Waals surface area contributed by atoms with Gasteiger partial charge in [-0.2, -0.15) is 0 Å². The Labute approximate surface area is 78.4 Å². The lowest BCUT2D eigenvalue weighted by Crippen LogP contribution is -2.44. The van der Waals surface area contributed by atoms with E-state index in [0.717, 1.165) is 0 Å². The number of methoxy groups -OCH3 is 3. The van der Waals surface area contributed by atoms with Crippen LogP contribution in [-0.2, 0) is 18.9 Å². The third-order valence-electron chi connectivity index (χ3n) is 2.09. The van der Waals surface area contributed by atoms with Crippen molar-refractivity contribution in [3.05, 3.63) is 12.3 Å². The van der Waals surface area contributed by atoms with Crippen molar-refractivity contribution in [2.75, 3.05) is 27.9 Å². The van der Waals surface area contributed by atoms with Crippen LogP contribution in [0.3, 0.4) is 0 Å². The van der Waals surface area contributed by atoms with Crippen LogP contribution in [0.4, 0.5) is 0 Å². The Kier molecular flexibility index (Phi) is 4.21. The van der Waals surface area contributed by atoms with Crippen LogP contribution < -0.4 is 0 Å². The van der Waals surface area contributed by atoms with Gasteiger partial charge in [-0.05, 0) is 6.08 Å². The Morgan fingerprint density at radius 3 is 2.54 bits per heavy atom. The quantitative estimate of drug-likeness (QED) is 0.646. The average Bonchev–Trinajstić information content (AvgIpc) is 2.18. The molecule has 0 aromatic rings. The first kappa shape index (κ1) is 10.5. The van der Waals surface area contributed by atoms with Crippen LogP contribution in [0.5, 0.6) is 0 Å². The van der Waals surface area contributed by atoms with E-state index in [2.05, 4.69) is 0 Å². The van der Waals surface area contributed by atoms with E-state index in [1.54, 1.807) is 27.6 Å². The van der Waals surface area contributed by atoms with E-state index in [-0.39, 0.29) is 18.3 Å². The maximum absolute atomic E-state index is 5.34. The minimum Gasteiger partial charge on any atom is -0.493 e. The van der Waals surface area contributed by atoms with Gasteiger partial charge in [0.2, 0.25) is 0 Å². The van der Waals surface area contributed by atoms with Crippen molar-refractivity contribution >= 4 is 0 Å². The van der Waals surface area contributed by atoms with Crippen LogP contribution >= 0.6 is 0 Å². The molecule has 1 heterocycles. The van der Waals surface area contributed by atoms with Crippen molar-refractivity contribution in [1.82, 2.24) is 0 Å². The maximum Gasteiger partial charge on any atom is 0.150 e. The van der Waals surface area contributed by atoms with Crippen molar-refractivity contribution < 1.29 is 18.9 Å². The summed E-state index contributed by atoms with van der Waals surface area (Å²) in [6.07, 6.45) is 3.21. The molecule has 0 aliphatic carbocycles. The summed E-state index contributed by atoms with van der Waals surface area (Å²) in [4.78, 5) is 0. The molecule has 3 atom stereocenters. The molecule has 0 radical (unpaired) electrons. The zero-order valence-corrected chi connectivity index (χ0v) is 8.23. The van der Waals surface area contributed by atoms with E-state index >= 15 is 0 Å². The van der Waals surface area contributed by atoms with E-state index in [1.807, 2.05) is 6.08 Å². The summed E-state index contributed by atoms with van der Waals surface area (Å²) in [5, 5.41) is 0. The molecule has 1 rings (SSSR count). The van der Waals surface area contributed by atoms with E-state index in [1.165, 1.54) is 0 Å². The second-order valence-electron chi connectivity index (χ2n) is 2.86. The van der Waals surface area contributed by atoms with Crippen LogP contribution in [0.1, 0.15) is 0 Å². The second-order valence-corrected chi connectivity index (χ2v) is 2.86. The Hall–Kier alpha value is -0.580. The highest BCUT2D eigenvalue weighted by atomic mass is 16.6. The van der Waals surface area contributed by atoms with Crippen LogP contribution in [0.15, 0.2) is 12.3 Å². The Morgan fingerprint density at radius 2 is 2.00 bits per heavy atom. The van der Waals surface area contributed by atoms with Crippen LogP contribution in [0.25, 0.3) is 0 Å². The molecule has 13 heavy (non-hydrogen) atoms. The van der Waals surface area contributed by atoms with E-state index in [0.29, 0.717) is 6.61 Å². The molecule has 0 bridgehead atoms. The standard InChI is InChI=1S/C9H16O4/c1-10-6-8-9(12-3)7(11-2)4-5-13-8/h4-5,7-9H,6H2,1-3H3/t7-,8-,9+/m1/s1. The third-order valence-corrected chi connectivity index (χ3v) is 2.09. The number of hydrogen-bond donors (Lipinski definition) is 0. The molecule has 76 valence electrons. The normalized spacial score (nSPS) is 33.0. The molecule has 4 heteroatoms. The van der Waals surface area contributed by atoms with Gasteiger partial charge < -0.3 is 18.9 Å². The van der Waals surface area contributed by atoms with Crippen molar-refractivity contribution in [3.63, 3.8) is 0 Å². The lowest BCUT2D eigenvalue weighted by Gasteiger charge is -2.32. The van der Waals surface area contributed by atoms with E-state index < -0.39 is 0 Å². The highest BCUT2D eigenvalue weighted by Gasteiger charge is 2.32. The molecule has 0 amide bonds. The van der Waals surface area contributed by atoms with Gasteiger partial charge in [-0.3, -0.25) is 0 Å². The summed E-state index contributed by atoms with van der Waals surface area (Å²) in [6, 6.07) is 0. The molecular weight excluding hydrogens is 172 g/mol. The first-order valence-corrected chi connectivity index (χ1v) is 4.20. The van der Waals surface area contributed by atoms with Gasteiger partial charge in [0.1, 0.15) is 18.3 Å². The highest BCUT2D eigenvalue weighted by molar-refractivity contribution is 4.98. The molecule has 1 aliphatic rings. The van der Waals surface area contributed by atoms with Crippen molar-refractivity contribution in [2.45, 2.75) is 18.3 Å². The lowest BCUT2D eigenvalue weighted by atomic mass is 10.1. The number of ether oxygens (including phenoxy) is 4. The van der Waals surface area contributed by atoms with Gasteiger partial charge >= 0.3 is 0 Å². The van der Waals surface area contributed by atoms with Gasteiger partial charge in [0.15, 0.2) is 0 Å². The van der Waals surface area contributed by atoms with Gasteiger partial charge in [-0.25, -0.2) is 0 Å². The van der Waals surface area contributed by atoms with Crippen molar-refractivity contribution in [3.8, 4) is 0 Å². The summed E-state index contributed by atoms with van der Waals surface area (Å²) >= 11 is 0. The van der Waals surface area contributed by atoms with Gasteiger partial charge in [-0.1, -0.05) is 0 Å². The van der Waals surface area contributed by atoms with Crippen LogP contribution in [-0.4, -0.2) is 46.2 Å². The SMILES string of the molecule is COC[C@H]1OC=C[C@@H](OC)[C@@H]1OC. The van der Waals surface area contributed by atoms with Crippen LogP contribution in [0.2, 0.25) is 0 Å². The summed E-state index contributed by atoms with van der Waals surface area (Å²) in [6.45, 7) is 0.503. The van der Waals surface area contributed by atoms with Gasteiger partial charge in [0.05, 0.1) is 12.9 Å². The summed E-state index contributed by atoms with van der Waals surface area (Å²) in [5.41, 5.74) is 0. The van der Waals surface area contributed by atoms with Gasteiger partial charge in [0, 0.05) is 21.3 Å². The molecule has 4 nitrogen and oxygen atoms in total. The average molecular weight is 188 g/mol. The minimum atomic E-state index is -0.102. The molecule has 0 fully saturated rings. The Bertz CT molecular complexity index is 169. The molecule has 0 saturated heterocycles. The minimum absolute atomic E-state index is 0.0566. The summed E-state index contributed by atoms with van der Waals surface area (Å²) in [7, 11) is 4.92. The van der Waals surface area contributed by atoms with E-state index in [4.69, 9.17) is 18.9 Å². The molecule has 0 aromatic carbocycles. The first-order chi connectivity index (χ1) is 6.33. The Balaban J connectivity index is 2.59. The molecular formula is C9H16O4. The van der Waals surface area contributed by atoms with E-state index in [9.17, 15) is 0 Å². The smallest absolute Gasteiger partial charge is 0.150 e. The van der Waals surface area contributed by atoms with Crippen LogP contribution in [0, 0.1) is 0 Å². The molecule has 0 unspecified atom stereocenters. The molecule has 0 N–H and O–H groups in total. The number of rotatable bonds is 4. The molecule has 0 spiro atoms. The van der Waals surface area contributed by atoms with Crippen molar-refractivity contribution in [1.29, 1.82) is 0 Å². The summed E-state index contributed by atoms with van der Waals surface area (Å²) in [5.74, 6) is 0. The fourth-order valence-corrected chi connectivity index (χ4v) is 1.42. The first-order valence-electron chi connectivity index (χ1n) is 4.20. The number of hydrogen-bond acceptors (Lipinski definition) is 4. The lowest BCUT2D eigenvalue weighted by molar-refractivity contribution is -0.113. The van der Waals surface area contributed by atoms with Gasteiger partial charge in [0.25, 0.3) is 0 Å². The third kappa shape index (κ3) is 2.43. The largest absolute Gasteiger partial charge is 0.493 e. The zero-order chi connectivity index (χ0) is 9.68. The topological polar surface area (TPSA) is 36.9 Å². The predicted molar refractivity (Wildman–Crippen MR) is 47.5 cm³/mol. The zero-order valence-electron chi connectivity index (χ0n) is 8.23. The molecule has 0 saturated carbocycles. The Morgan fingerprint density at radius 1 is 1.23 bits per heavy atom. The highest BCUT2D eigenvalue weighted by Crippen LogP contribution is 2.17. The fourth-order valence-electron chi connectivity index (χ4n) is 1.42. The second kappa shape index (κ2) is 5.21. The fraction of sp³-hybridized carbons (Fsp3) is 0.778. The predicted octanol–water partition coefficient (Wildman–Crippen LogP) is 0.575. The summed E-state index contributed by atoms with van der Waals surface area (Å²) < 4.78 is 20.9. The van der Waals surface area contributed by atoms with Gasteiger partial charge in [-0.15, -0.1) is 0 Å². The monoisotopic (exact) mass is 188 g/mol. The molecule has 1 aliphatic heterocycles. The maximum atomic E-state index is 5.34.